The van der Waals surface area contributed by atoms with Crippen LogP contribution in [0, 0.1) is 0 Å². The highest BCUT2D eigenvalue weighted by Crippen LogP contribution is 2.22. The fraction of sp³-hybridized carbons (Fsp3) is 0.0741. The van der Waals surface area contributed by atoms with E-state index in [2.05, 4.69) is 15.5 Å². The third-order valence-corrected chi connectivity index (χ3v) is 5.65. The topological polar surface area (TPSA) is 79.8 Å². The normalized spacial score (nSPS) is 10.9. The summed E-state index contributed by atoms with van der Waals surface area (Å²) >= 11 is 0. The molecule has 5 aromatic rings. The van der Waals surface area contributed by atoms with Crippen molar-refractivity contribution >= 4 is 16.7 Å². The van der Waals surface area contributed by atoms with Crippen LogP contribution in [0.4, 0.5) is 0 Å². The van der Waals surface area contributed by atoms with E-state index in [4.69, 9.17) is 0 Å². The molecule has 0 saturated heterocycles. The van der Waals surface area contributed by atoms with Crippen LogP contribution in [-0.2, 0) is 13.1 Å². The van der Waals surface area contributed by atoms with E-state index in [1.165, 1.54) is 0 Å². The number of hydrogen-bond donors (Lipinski definition) is 2. The number of pyridine rings is 1. The van der Waals surface area contributed by atoms with Crippen molar-refractivity contribution in [2.24, 2.45) is 0 Å². The molecule has 0 aliphatic carbocycles. The Bertz CT molecular complexity index is 1470. The summed E-state index contributed by atoms with van der Waals surface area (Å²) < 4.78 is 1.67. The molecule has 0 fully saturated rings. The van der Waals surface area contributed by atoms with E-state index in [-0.39, 0.29) is 11.5 Å². The predicted molar refractivity (Wildman–Crippen MR) is 129 cm³/mol. The van der Waals surface area contributed by atoms with Gasteiger partial charge in [0.25, 0.3) is 11.5 Å². The molecule has 2 heterocycles. The van der Waals surface area contributed by atoms with Gasteiger partial charge < -0.3 is 9.88 Å². The maximum Gasteiger partial charge on any atom is 0.258 e. The van der Waals surface area contributed by atoms with Gasteiger partial charge in [0, 0.05) is 35.5 Å². The van der Waals surface area contributed by atoms with Crippen molar-refractivity contribution in [1.29, 1.82) is 0 Å². The number of fused-ring (bicyclic) bond motifs is 1. The van der Waals surface area contributed by atoms with Crippen LogP contribution in [-0.4, -0.2) is 20.7 Å². The van der Waals surface area contributed by atoms with Crippen LogP contribution in [0.25, 0.3) is 21.9 Å². The Morgan fingerprint density at radius 3 is 2.58 bits per heavy atom. The Morgan fingerprint density at radius 2 is 1.76 bits per heavy atom. The molecule has 1 amide bonds. The van der Waals surface area contributed by atoms with E-state index in [0.717, 1.165) is 27.6 Å². The first-order chi connectivity index (χ1) is 16.2. The van der Waals surface area contributed by atoms with Gasteiger partial charge in [-0.15, -0.1) is 0 Å². The molecule has 0 radical (unpaired) electrons. The zero-order chi connectivity index (χ0) is 22.6. The Morgan fingerprint density at radius 1 is 0.909 bits per heavy atom. The lowest BCUT2D eigenvalue weighted by atomic mass is 10.0. The first-order valence-electron chi connectivity index (χ1n) is 10.7. The highest BCUT2D eigenvalue weighted by Gasteiger charge is 2.09. The van der Waals surface area contributed by atoms with Gasteiger partial charge in [-0.05, 0) is 52.4 Å². The average molecular weight is 434 g/mol. The zero-order valence-electron chi connectivity index (χ0n) is 17.9. The number of nitrogens with one attached hydrogen (secondary N) is 2. The SMILES string of the molecule is O=C(NCc1ccccc1)c1cccc(Cn2ccc3cc(-c4cn[nH]c4)ccc3c2=O)c1. The Balaban J connectivity index is 1.35. The molecule has 6 heteroatoms. The molecule has 0 atom stereocenters. The van der Waals surface area contributed by atoms with Crippen LogP contribution >= 0.6 is 0 Å². The van der Waals surface area contributed by atoms with E-state index in [1.807, 2.05) is 79.0 Å². The van der Waals surface area contributed by atoms with Crippen LogP contribution in [0.15, 0.2) is 102 Å². The summed E-state index contributed by atoms with van der Waals surface area (Å²) in [6.45, 7) is 0.854. The van der Waals surface area contributed by atoms with Gasteiger partial charge in [0.1, 0.15) is 0 Å². The van der Waals surface area contributed by atoms with Crippen molar-refractivity contribution in [1.82, 2.24) is 20.1 Å². The van der Waals surface area contributed by atoms with Gasteiger partial charge in [0.2, 0.25) is 0 Å². The Labute approximate surface area is 190 Å². The van der Waals surface area contributed by atoms with E-state index < -0.39 is 0 Å². The number of carbonyl (C=O) groups excluding carboxylic acids is 1. The minimum absolute atomic E-state index is 0.0647. The summed E-state index contributed by atoms with van der Waals surface area (Å²) in [6.07, 6.45) is 5.38. The second-order valence-electron chi connectivity index (χ2n) is 7.91. The summed E-state index contributed by atoms with van der Waals surface area (Å²) in [4.78, 5) is 25.7. The Hall–Kier alpha value is -4.45. The number of hydrogen-bond acceptors (Lipinski definition) is 3. The van der Waals surface area contributed by atoms with Gasteiger partial charge in [0.05, 0.1) is 12.7 Å². The van der Waals surface area contributed by atoms with Crippen LogP contribution in [0.5, 0.6) is 0 Å². The van der Waals surface area contributed by atoms with Crippen molar-refractivity contribution in [3.05, 3.63) is 124 Å². The van der Waals surface area contributed by atoms with E-state index in [9.17, 15) is 9.59 Å². The third-order valence-electron chi connectivity index (χ3n) is 5.65. The van der Waals surface area contributed by atoms with Gasteiger partial charge in [-0.3, -0.25) is 14.7 Å². The maximum atomic E-state index is 13.1. The summed E-state index contributed by atoms with van der Waals surface area (Å²) in [7, 11) is 0. The number of carbonyl (C=O) groups is 1. The second kappa shape index (κ2) is 8.96. The molecule has 6 nitrogen and oxygen atoms in total. The summed E-state index contributed by atoms with van der Waals surface area (Å²) in [5.41, 5.74) is 4.41. The fourth-order valence-corrected chi connectivity index (χ4v) is 3.89. The number of rotatable bonds is 6. The number of aromatic nitrogens is 3. The molecule has 2 aromatic heterocycles. The lowest BCUT2D eigenvalue weighted by Gasteiger charge is -2.10. The summed E-state index contributed by atoms with van der Waals surface area (Å²) in [6, 6.07) is 24.9. The van der Waals surface area contributed by atoms with Gasteiger partial charge in [0.15, 0.2) is 0 Å². The predicted octanol–water partition coefficient (Wildman–Crippen LogP) is 4.37. The number of H-pyrrole nitrogens is 1. The smallest absolute Gasteiger partial charge is 0.258 e. The molecule has 162 valence electrons. The summed E-state index contributed by atoms with van der Waals surface area (Å²) in [5, 5.41) is 11.3. The van der Waals surface area contributed by atoms with Crippen molar-refractivity contribution in [3.63, 3.8) is 0 Å². The molecule has 33 heavy (non-hydrogen) atoms. The van der Waals surface area contributed by atoms with Crippen LogP contribution in [0.1, 0.15) is 21.5 Å². The van der Waals surface area contributed by atoms with Crippen molar-refractivity contribution < 1.29 is 4.79 Å². The van der Waals surface area contributed by atoms with E-state index >= 15 is 0 Å². The number of amides is 1. The molecule has 3 aromatic carbocycles. The highest BCUT2D eigenvalue weighted by atomic mass is 16.1. The minimum atomic E-state index is -0.140. The number of nitrogens with zero attached hydrogens (tertiary/aromatic N) is 2. The van der Waals surface area contributed by atoms with Crippen LogP contribution < -0.4 is 10.9 Å². The lowest BCUT2D eigenvalue weighted by molar-refractivity contribution is 0.0951. The zero-order valence-corrected chi connectivity index (χ0v) is 17.9. The second-order valence-corrected chi connectivity index (χ2v) is 7.91. The van der Waals surface area contributed by atoms with Gasteiger partial charge in [-0.1, -0.05) is 48.5 Å². The van der Waals surface area contributed by atoms with Crippen molar-refractivity contribution in [2.75, 3.05) is 0 Å². The lowest BCUT2D eigenvalue weighted by Crippen LogP contribution is -2.23. The fourth-order valence-electron chi connectivity index (χ4n) is 3.89. The molecular formula is C27H22N4O2. The monoisotopic (exact) mass is 434 g/mol. The first kappa shape index (κ1) is 20.5. The molecule has 0 aliphatic rings. The van der Waals surface area contributed by atoms with Crippen LogP contribution in [0.2, 0.25) is 0 Å². The van der Waals surface area contributed by atoms with E-state index in [1.54, 1.807) is 23.0 Å². The van der Waals surface area contributed by atoms with Gasteiger partial charge in [-0.25, -0.2) is 0 Å². The maximum absolute atomic E-state index is 13.1. The van der Waals surface area contributed by atoms with Gasteiger partial charge in [-0.2, -0.15) is 5.10 Å². The molecular weight excluding hydrogens is 412 g/mol. The van der Waals surface area contributed by atoms with Crippen molar-refractivity contribution in [3.8, 4) is 11.1 Å². The standard InChI is InChI=1S/C27H22N4O2/c32-26(28-15-19-5-2-1-3-6-19)23-8-4-7-20(13-23)18-31-12-11-22-14-21(24-16-29-30-17-24)9-10-25(22)27(31)33/h1-14,16-17H,15,18H2,(H,28,32)(H,29,30). The van der Waals surface area contributed by atoms with E-state index in [0.29, 0.717) is 24.0 Å². The molecule has 0 aliphatic heterocycles. The van der Waals surface area contributed by atoms with Gasteiger partial charge >= 0.3 is 0 Å². The number of benzene rings is 3. The molecule has 0 unspecified atom stereocenters. The Kier molecular flexibility index (Phi) is 5.55. The highest BCUT2D eigenvalue weighted by molar-refractivity contribution is 5.94. The van der Waals surface area contributed by atoms with Crippen molar-refractivity contribution in [2.45, 2.75) is 13.1 Å². The molecule has 0 spiro atoms. The largest absolute Gasteiger partial charge is 0.348 e. The van der Waals surface area contributed by atoms with Crippen LogP contribution in [0.3, 0.4) is 0 Å². The minimum Gasteiger partial charge on any atom is -0.348 e. The first-order valence-corrected chi connectivity index (χ1v) is 10.7. The third kappa shape index (κ3) is 4.45. The molecule has 2 N–H and O–H groups in total. The average Bonchev–Trinajstić information content (AvgIpc) is 3.40. The molecule has 5 rings (SSSR count). The molecule has 0 bridgehead atoms. The summed E-state index contributed by atoms with van der Waals surface area (Å²) in [5.74, 6) is -0.140. The quantitative estimate of drug-likeness (QED) is 0.417. The number of aromatic amines is 1. The molecule has 0 saturated carbocycles.